The van der Waals surface area contributed by atoms with Crippen LogP contribution < -0.4 is 0 Å². The molecule has 1 aliphatic rings. The third kappa shape index (κ3) is 1.84. The van der Waals surface area contributed by atoms with E-state index in [1.807, 2.05) is 36.8 Å². The highest BCUT2D eigenvalue weighted by Gasteiger charge is 2.15. The second kappa shape index (κ2) is 3.70. The lowest BCUT2D eigenvalue weighted by atomic mass is 10.1. The lowest BCUT2D eigenvalue weighted by molar-refractivity contribution is -0.0120. The van der Waals surface area contributed by atoms with Gasteiger partial charge in [-0.15, -0.1) is 0 Å². The van der Waals surface area contributed by atoms with Crippen LogP contribution in [0.25, 0.3) is 0 Å². The van der Waals surface area contributed by atoms with Crippen molar-refractivity contribution >= 4 is 0 Å². The van der Waals surface area contributed by atoms with Crippen molar-refractivity contribution in [3.8, 4) is 0 Å². The van der Waals surface area contributed by atoms with Gasteiger partial charge in [0.05, 0.1) is 13.2 Å². The van der Waals surface area contributed by atoms with Crippen molar-refractivity contribution in [2.45, 2.75) is 6.29 Å². The summed E-state index contributed by atoms with van der Waals surface area (Å²) in [5, 5.41) is 0. The summed E-state index contributed by atoms with van der Waals surface area (Å²) >= 11 is 0. The number of hydrogen-bond donors (Lipinski definition) is 0. The minimum Gasteiger partial charge on any atom is -0.350 e. The molecule has 0 amide bonds. The van der Waals surface area contributed by atoms with Crippen molar-refractivity contribution < 1.29 is 9.47 Å². The van der Waals surface area contributed by atoms with Crippen LogP contribution >= 0.6 is 0 Å². The monoisotopic (exact) mass is 163 g/mol. The molecule has 0 aromatic heterocycles. The van der Waals surface area contributed by atoms with Gasteiger partial charge in [0.1, 0.15) is 0 Å². The van der Waals surface area contributed by atoms with Gasteiger partial charge in [-0.25, -0.2) is 0 Å². The first-order valence-electron chi connectivity index (χ1n) is 4.08. The molecule has 1 fully saturated rings. The Morgan fingerprint density at radius 2 is 1.75 bits per heavy atom. The van der Waals surface area contributed by atoms with Crippen molar-refractivity contribution in [2.24, 2.45) is 0 Å². The molecule has 1 heterocycles. The molecule has 0 bridgehead atoms. The van der Waals surface area contributed by atoms with Crippen molar-refractivity contribution in [1.29, 1.82) is 0 Å². The number of rotatable bonds is 2. The van der Waals surface area contributed by atoms with Gasteiger partial charge in [0.25, 0.3) is 0 Å². The van der Waals surface area contributed by atoms with Gasteiger partial charge in [-0.3, -0.25) is 0 Å². The molecule has 2 rings (SSSR count). The molecule has 0 atom stereocenters. The second-order valence-electron chi connectivity index (χ2n) is 2.69. The molecule has 63 valence electrons. The van der Waals surface area contributed by atoms with Gasteiger partial charge in [-0.2, -0.15) is 0 Å². The molecule has 1 saturated heterocycles. The predicted molar refractivity (Wildman–Crippen MR) is 45.5 cm³/mol. The summed E-state index contributed by atoms with van der Waals surface area (Å²) in [5.74, 6) is 0. The molecule has 0 N–H and O–H groups in total. The molecule has 0 aliphatic carbocycles. The zero-order valence-electron chi connectivity index (χ0n) is 6.77. The van der Waals surface area contributed by atoms with E-state index in [1.54, 1.807) is 0 Å². The Labute approximate surface area is 72.1 Å². The Balaban J connectivity index is 1.94. The van der Waals surface area contributed by atoms with Crippen molar-refractivity contribution in [3.05, 3.63) is 42.3 Å². The fourth-order valence-corrected chi connectivity index (χ4v) is 1.19. The normalized spacial score (nSPS) is 18.3. The van der Waals surface area contributed by atoms with Gasteiger partial charge in [0, 0.05) is 6.42 Å². The van der Waals surface area contributed by atoms with Crippen LogP contribution in [0.2, 0.25) is 0 Å². The highest BCUT2D eigenvalue weighted by Crippen LogP contribution is 2.12. The van der Waals surface area contributed by atoms with Crippen LogP contribution in [0.1, 0.15) is 5.56 Å². The first kappa shape index (κ1) is 7.77. The van der Waals surface area contributed by atoms with Crippen LogP contribution in [0, 0.1) is 6.42 Å². The lowest BCUT2D eigenvalue weighted by Gasteiger charge is -2.07. The Hall–Kier alpha value is -0.860. The zero-order chi connectivity index (χ0) is 8.23. The zero-order valence-corrected chi connectivity index (χ0v) is 6.77. The summed E-state index contributed by atoms with van der Waals surface area (Å²) in [7, 11) is 0. The Kier molecular flexibility index (Phi) is 2.39. The quantitative estimate of drug-likeness (QED) is 0.659. The van der Waals surface area contributed by atoms with Gasteiger partial charge < -0.3 is 9.47 Å². The lowest BCUT2D eigenvalue weighted by Crippen LogP contribution is -2.08. The van der Waals surface area contributed by atoms with E-state index in [2.05, 4.69) is 0 Å². The molecule has 2 nitrogen and oxygen atoms in total. The van der Waals surface area contributed by atoms with Crippen LogP contribution in [0.5, 0.6) is 0 Å². The Bertz CT molecular complexity index is 227. The molecule has 0 spiro atoms. The molecule has 0 saturated carbocycles. The molecule has 1 aromatic rings. The molecule has 1 aliphatic heterocycles. The number of hydrogen-bond acceptors (Lipinski definition) is 2. The molecule has 1 radical (unpaired) electrons. The number of benzene rings is 1. The summed E-state index contributed by atoms with van der Waals surface area (Å²) in [5.41, 5.74) is 1.14. The van der Waals surface area contributed by atoms with Crippen LogP contribution in [0.3, 0.4) is 0 Å². The van der Waals surface area contributed by atoms with Gasteiger partial charge in [0.2, 0.25) is 0 Å². The van der Waals surface area contributed by atoms with Gasteiger partial charge >= 0.3 is 0 Å². The van der Waals surface area contributed by atoms with E-state index in [9.17, 15) is 0 Å². The third-order valence-electron chi connectivity index (χ3n) is 1.78. The molecule has 2 heteroatoms. The average Bonchev–Trinajstić information content (AvgIpc) is 2.59. The van der Waals surface area contributed by atoms with Crippen molar-refractivity contribution in [1.82, 2.24) is 0 Å². The summed E-state index contributed by atoms with van der Waals surface area (Å²) in [4.78, 5) is 0. The summed E-state index contributed by atoms with van der Waals surface area (Å²) in [6.07, 6.45) is 1.83. The average molecular weight is 163 g/mol. The fraction of sp³-hybridized carbons (Fsp3) is 0.300. The third-order valence-corrected chi connectivity index (χ3v) is 1.78. The van der Waals surface area contributed by atoms with Crippen LogP contribution in [-0.4, -0.2) is 19.5 Å². The van der Waals surface area contributed by atoms with Crippen molar-refractivity contribution in [2.75, 3.05) is 13.2 Å². The van der Waals surface area contributed by atoms with E-state index in [4.69, 9.17) is 9.47 Å². The maximum atomic E-state index is 5.28. The van der Waals surface area contributed by atoms with Crippen LogP contribution in [-0.2, 0) is 9.47 Å². The predicted octanol–water partition coefficient (Wildman–Crippen LogP) is 1.61. The molecule has 1 aromatic carbocycles. The van der Waals surface area contributed by atoms with Gasteiger partial charge in [-0.1, -0.05) is 30.3 Å². The van der Waals surface area contributed by atoms with Crippen LogP contribution in [0.15, 0.2) is 30.3 Å². The number of ether oxygens (including phenoxy) is 2. The molecule has 0 unspecified atom stereocenters. The fourth-order valence-electron chi connectivity index (χ4n) is 1.19. The minimum atomic E-state index is -0.146. The first-order valence-corrected chi connectivity index (χ1v) is 4.08. The van der Waals surface area contributed by atoms with E-state index in [0.717, 1.165) is 5.56 Å². The SMILES string of the molecule is [CH](c1ccccc1)C1OCCO1. The standard InChI is InChI=1S/C10H11O2/c1-2-4-9(5-3-1)8-10-11-6-7-12-10/h1-5,8,10H,6-7H2. The van der Waals surface area contributed by atoms with Crippen molar-refractivity contribution in [3.63, 3.8) is 0 Å². The summed E-state index contributed by atoms with van der Waals surface area (Å²) < 4.78 is 10.6. The van der Waals surface area contributed by atoms with E-state index in [-0.39, 0.29) is 6.29 Å². The molecule has 12 heavy (non-hydrogen) atoms. The topological polar surface area (TPSA) is 18.5 Å². The smallest absolute Gasteiger partial charge is 0.165 e. The maximum Gasteiger partial charge on any atom is 0.165 e. The Morgan fingerprint density at radius 1 is 1.08 bits per heavy atom. The molecular formula is C10H11O2. The second-order valence-corrected chi connectivity index (χ2v) is 2.69. The minimum absolute atomic E-state index is 0.146. The maximum absolute atomic E-state index is 5.28. The highest BCUT2D eigenvalue weighted by molar-refractivity contribution is 5.23. The van der Waals surface area contributed by atoms with E-state index < -0.39 is 0 Å². The van der Waals surface area contributed by atoms with E-state index in [1.165, 1.54) is 0 Å². The van der Waals surface area contributed by atoms with Gasteiger partial charge in [-0.05, 0) is 5.56 Å². The van der Waals surface area contributed by atoms with Crippen LogP contribution in [0.4, 0.5) is 0 Å². The summed E-state index contributed by atoms with van der Waals surface area (Å²) in [6.45, 7) is 1.40. The van der Waals surface area contributed by atoms with E-state index in [0.29, 0.717) is 13.2 Å². The Morgan fingerprint density at radius 3 is 2.42 bits per heavy atom. The summed E-state index contributed by atoms with van der Waals surface area (Å²) in [6, 6.07) is 10.1. The van der Waals surface area contributed by atoms with E-state index >= 15 is 0 Å². The van der Waals surface area contributed by atoms with Gasteiger partial charge in [0.15, 0.2) is 6.29 Å². The highest BCUT2D eigenvalue weighted by atomic mass is 16.7. The first-order chi connectivity index (χ1) is 5.95. The largest absolute Gasteiger partial charge is 0.350 e. The molecular weight excluding hydrogens is 152 g/mol.